The van der Waals surface area contributed by atoms with Gasteiger partial charge in [-0.15, -0.1) is 0 Å². The number of anilines is 1. The summed E-state index contributed by atoms with van der Waals surface area (Å²) in [6, 6.07) is 4.77. The fourth-order valence-electron chi connectivity index (χ4n) is 1.24. The molecule has 1 heterocycles. The summed E-state index contributed by atoms with van der Waals surface area (Å²) in [6.45, 7) is 0. The van der Waals surface area contributed by atoms with Crippen LogP contribution in [0.25, 0.3) is 10.4 Å². The Labute approximate surface area is 90.3 Å². The second-order valence-corrected chi connectivity index (χ2v) is 3.97. The Morgan fingerprint density at radius 2 is 2.27 bits per heavy atom. The van der Waals surface area contributed by atoms with Crippen molar-refractivity contribution in [2.45, 2.75) is 0 Å². The van der Waals surface area contributed by atoms with Crippen molar-refractivity contribution < 1.29 is 9.13 Å². The maximum Gasteiger partial charge on any atom is 0.180 e. The Kier molecular flexibility index (Phi) is 2.55. The molecule has 0 unspecified atom stereocenters. The van der Waals surface area contributed by atoms with Crippen molar-refractivity contribution in [2.24, 2.45) is 0 Å². The monoisotopic (exact) mass is 224 g/mol. The molecule has 5 heteroatoms. The Morgan fingerprint density at radius 1 is 1.47 bits per heavy atom. The second-order valence-electron chi connectivity index (χ2n) is 2.91. The lowest BCUT2D eigenvalue weighted by Gasteiger charge is -2.02. The van der Waals surface area contributed by atoms with Gasteiger partial charge in [-0.05, 0) is 23.8 Å². The minimum Gasteiger partial charge on any atom is -0.494 e. The molecule has 0 saturated carbocycles. The topological polar surface area (TPSA) is 48.1 Å². The number of rotatable bonds is 2. The lowest BCUT2D eigenvalue weighted by atomic mass is 10.2. The van der Waals surface area contributed by atoms with Crippen LogP contribution in [0.5, 0.6) is 5.75 Å². The van der Waals surface area contributed by atoms with Crippen LogP contribution in [0.3, 0.4) is 0 Å². The fraction of sp³-hybridized carbons (Fsp3) is 0.100. The molecule has 78 valence electrons. The standard InChI is InChI=1S/C10H9FN2OS/c1-14-8-3-2-6(4-7(8)11)9-5-13-10(12)15-9/h2-5H,1H3,(H2,12,13). The van der Waals surface area contributed by atoms with Crippen LogP contribution in [0.15, 0.2) is 24.4 Å². The molecule has 2 rings (SSSR count). The van der Waals surface area contributed by atoms with Gasteiger partial charge in [0, 0.05) is 6.20 Å². The molecule has 1 aromatic heterocycles. The van der Waals surface area contributed by atoms with Gasteiger partial charge >= 0.3 is 0 Å². The number of thiazole rings is 1. The Morgan fingerprint density at radius 3 is 2.80 bits per heavy atom. The van der Waals surface area contributed by atoms with Gasteiger partial charge in [0.25, 0.3) is 0 Å². The van der Waals surface area contributed by atoms with Crippen molar-refractivity contribution >= 4 is 16.5 Å². The first-order chi connectivity index (χ1) is 7.20. The molecule has 0 spiro atoms. The molecule has 0 fully saturated rings. The summed E-state index contributed by atoms with van der Waals surface area (Å²) in [6.07, 6.45) is 1.63. The van der Waals surface area contributed by atoms with E-state index in [1.807, 2.05) is 0 Å². The van der Waals surface area contributed by atoms with E-state index in [1.165, 1.54) is 24.5 Å². The normalized spacial score (nSPS) is 10.3. The summed E-state index contributed by atoms with van der Waals surface area (Å²) in [5, 5.41) is 0.473. The number of ether oxygens (including phenoxy) is 1. The van der Waals surface area contributed by atoms with Crippen molar-refractivity contribution in [3.8, 4) is 16.2 Å². The van der Waals surface area contributed by atoms with E-state index in [0.29, 0.717) is 5.13 Å². The first-order valence-corrected chi connectivity index (χ1v) is 5.07. The zero-order chi connectivity index (χ0) is 10.8. The number of nitrogens with two attached hydrogens (primary N) is 1. The lowest BCUT2D eigenvalue weighted by Crippen LogP contribution is -1.87. The van der Waals surface area contributed by atoms with Crippen molar-refractivity contribution in [3.05, 3.63) is 30.2 Å². The van der Waals surface area contributed by atoms with Crippen LogP contribution >= 0.6 is 11.3 Å². The van der Waals surface area contributed by atoms with Crippen molar-refractivity contribution in [1.82, 2.24) is 4.98 Å². The Balaban J connectivity index is 2.42. The van der Waals surface area contributed by atoms with E-state index in [1.54, 1.807) is 18.3 Å². The highest BCUT2D eigenvalue weighted by atomic mass is 32.1. The van der Waals surface area contributed by atoms with Crippen LogP contribution < -0.4 is 10.5 Å². The van der Waals surface area contributed by atoms with E-state index in [4.69, 9.17) is 10.5 Å². The highest BCUT2D eigenvalue weighted by Crippen LogP contribution is 2.30. The summed E-state index contributed by atoms with van der Waals surface area (Å²) in [7, 11) is 1.43. The van der Waals surface area contributed by atoms with Crippen LogP contribution in [0, 0.1) is 5.82 Å². The highest BCUT2D eigenvalue weighted by molar-refractivity contribution is 7.18. The molecule has 15 heavy (non-hydrogen) atoms. The molecule has 0 aliphatic heterocycles. The minimum atomic E-state index is -0.387. The number of benzene rings is 1. The van der Waals surface area contributed by atoms with Gasteiger partial charge in [0.05, 0.1) is 12.0 Å². The molecule has 0 aliphatic carbocycles. The van der Waals surface area contributed by atoms with Crippen LogP contribution in [-0.4, -0.2) is 12.1 Å². The van der Waals surface area contributed by atoms with E-state index in [9.17, 15) is 4.39 Å². The van der Waals surface area contributed by atoms with Crippen LogP contribution in [-0.2, 0) is 0 Å². The molecule has 0 bridgehead atoms. The van der Waals surface area contributed by atoms with Gasteiger partial charge in [0.15, 0.2) is 16.7 Å². The summed E-state index contributed by atoms with van der Waals surface area (Å²) in [4.78, 5) is 4.75. The fourth-order valence-corrected chi connectivity index (χ4v) is 1.92. The number of methoxy groups -OCH3 is 1. The average molecular weight is 224 g/mol. The maximum absolute atomic E-state index is 13.4. The first-order valence-electron chi connectivity index (χ1n) is 4.26. The number of halogens is 1. The van der Waals surface area contributed by atoms with Crippen molar-refractivity contribution in [3.63, 3.8) is 0 Å². The summed E-state index contributed by atoms with van der Waals surface area (Å²) >= 11 is 1.32. The van der Waals surface area contributed by atoms with E-state index >= 15 is 0 Å². The van der Waals surface area contributed by atoms with Gasteiger partial charge < -0.3 is 10.5 Å². The Hall–Kier alpha value is -1.62. The number of nitrogens with zero attached hydrogens (tertiary/aromatic N) is 1. The predicted molar refractivity (Wildman–Crippen MR) is 58.5 cm³/mol. The third-order valence-corrected chi connectivity index (χ3v) is 2.84. The van der Waals surface area contributed by atoms with Gasteiger partial charge in [-0.2, -0.15) is 0 Å². The molecular formula is C10H9FN2OS. The third-order valence-electron chi connectivity index (χ3n) is 1.96. The SMILES string of the molecule is COc1ccc(-c2cnc(N)s2)cc1F. The molecule has 1 aromatic carbocycles. The van der Waals surface area contributed by atoms with Gasteiger partial charge in [0.2, 0.25) is 0 Å². The molecule has 0 aliphatic rings. The molecular weight excluding hydrogens is 215 g/mol. The molecule has 0 atom stereocenters. The number of hydrogen-bond donors (Lipinski definition) is 1. The Bertz CT molecular complexity index is 484. The molecule has 2 aromatic rings. The van der Waals surface area contributed by atoms with E-state index < -0.39 is 0 Å². The van der Waals surface area contributed by atoms with E-state index in [2.05, 4.69) is 4.98 Å². The molecule has 0 saturated heterocycles. The van der Waals surface area contributed by atoms with Crippen molar-refractivity contribution in [2.75, 3.05) is 12.8 Å². The molecule has 2 N–H and O–H groups in total. The average Bonchev–Trinajstić information content (AvgIpc) is 2.65. The molecule has 0 radical (unpaired) electrons. The van der Waals surface area contributed by atoms with Gasteiger partial charge in [-0.1, -0.05) is 11.3 Å². The lowest BCUT2D eigenvalue weighted by molar-refractivity contribution is 0.386. The van der Waals surface area contributed by atoms with E-state index in [0.717, 1.165) is 10.4 Å². The summed E-state index contributed by atoms with van der Waals surface area (Å²) in [5.74, 6) is -0.154. The second kappa shape index (κ2) is 3.86. The largest absolute Gasteiger partial charge is 0.494 e. The zero-order valence-corrected chi connectivity index (χ0v) is 8.84. The van der Waals surface area contributed by atoms with Gasteiger partial charge in [-0.25, -0.2) is 9.37 Å². The summed E-state index contributed by atoms with van der Waals surface area (Å²) < 4.78 is 18.2. The van der Waals surface area contributed by atoms with E-state index in [-0.39, 0.29) is 11.6 Å². The molecule has 3 nitrogen and oxygen atoms in total. The highest BCUT2D eigenvalue weighted by Gasteiger charge is 2.07. The molecule has 0 amide bonds. The minimum absolute atomic E-state index is 0.233. The number of nitrogen functional groups attached to an aromatic ring is 1. The van der Waals surface area contributed by atoms with Crippen LogP contribution in [0.2, 0.25) is 0 Å². The predicted octanol–water partition coefficient (Wildman–Crippen LogP) is 2.54. The third kappa shape index (κ3) is 1.92. The van der Waals surface area contributed by atoms with Crippen molar-refractivity contribution in [1.29, 1.82) is 0 Å². The quantitative estimate of drug-likeness (QED) is 0.852. The number of aromatic nitrogens is 1. The number of hydrogen-bond acceptors (Lipinski definition) is 4. The van der Waals surface area contributed by atoms with Crippen LogP contribution in [0.4, 0.5) is 9.52 Å². The first kappa shape index (κ1) is 9.92. The summed E-state index contributed by atoms with van der Waals surface area (Å²) in [5.41, 5.74) is 6.25. The van der Waals surface area contributed by atoms with Crippen LogP contribution in [0.1, 0.15) is 0 Å². The zero-order valence-electron chi connectivity index (χ0n) is 8.03. The van der Waals surface area contributed by atoms with Gasteiger partial charge in [0.1, 0.15) is 0 Å². The maximum atomic E-state index is 13.4. The smallest absolute Gasteiger partial charge is 0.180 e. The van der Waals surface area contributed by atoms with Gasteiger partial charge in [-0.3, -0.25) is 0 Å².